The number of nitrogens with one attached hydrogen (secondary N) is 1. The van der Waals surface area contributed by atoms with Gasteiger partial charge in [0.15, 0.2) is 0 Å². The molecule has 130 valence electrons. The molecule has 0 bridgehead atoms. The minimum atomic E-state index is -0.0492. The van der Waals surface area contributed by atoms with E-state index in [0.29, 0.717) is 22.6 Å². The summed E-state index contributed by atoms with van der Waals surface area (Å²) in [4.78, 5) is 18.1. The number of carbonyl (C=O) groups is 1. The molecule has 1 amide bonds. The molecule has 3 nitrogen and oxygen atoms in total. The summed E-state index contributed by atoms with van der Waals surface area (Å²) >= 11 is 1.50. The van der Waals surface area contributed by atoms with Crippen molar-refractivity contribution in [2.45, 2.75) is 66.2 Å². The Labute approximate surface area is 149 Å². The summed E-state index contributed by atoms with van der Waals surface area (Å²) in [5.41, 5.74) is 4.14. The molecule has 0 saturated carbocycles. The molecule has 0 aliphatic rings. The zero-order valence-corrected chi connectivity index (χ0v) is 16.5. The molecular formula is C20H28N2OS. The second kappa shape index (κ2) is 7.47. The maximum Gasteiger partial charge on any atom is 0.267 e. The van der Waals surface area contributed by atoms with Gasteiger partial charge in [0.1, 0.15) is 4.88 Å². The molecule has 1 heterocycles. The molecule has 0 unspecified atom stereocenters. The Bertz CT molecular complexity index is 703. The number of para-hydroxylation sites is 1. The number of nitrogens with zero attached hydrogens (tertiary/aromatic N) is 1. The van der Waals surface area contributed by atoms with Crippen molar-refractivity contribution in [3.8, 4) is 0 Å². The molecule has 1 aromatic carbocycles. The molecule has 0 fully saturated rings. The van der Waals surface area contributed by atoms with Crippen molar-refractivity contribution in [3.63, 3.8) is 0 Å². The van der Waals surface area contributed by atoms with E-state index in [1.165, 1.54) is 22.5 Å². The standard InChI is InChI=1S/C20H28N2OS/c1-11(2)15-9-8-10-16(12(3)4)17(15)22-19(23)18-14(7)21-20(24-18)13(5)6/h8-13H,1-7H3,(H,22,23). The first-order chi connectivity index (χ1) is 11.2. The Balaban J connectivity index is 2.42. The SMILES string of the molecule is Cc1nc(C(C)C)sc1C(=O)Nc1c(C(C)C)cccc1C(C)C. The van der Waals surface area contributed by atoms with Crippen LogP contribution in [0.1, 0.15) is 90.8 Å². The fourth-order valence-electron chi connectivity index (χ4n) is 2.74. The van der Waals surface area contributed by atoms with Gasteiger partial charge in [-0.1, -0.05) is 59.7 Å². The highest BCUT2D eigenvalue weighted by Crippen LogP contribution is 2.33. The van der Waals surface area contributed by atoms with E-state index in [2.05, 4.69) is 70.0 Å². The zero-order chi connectivity index (χ0) is 18.0. The van der Waals surface area contributed by atoms with Crippen LogP contribution in [-0.4, -0.2) is 10.9 Å². The summed E-state index contributed by atoms with van der Waals surface area (Å²) < 4.78 is 0. The number of thiazole rings is 1. The number of amides is 1. The van der Waals surface area contributed by atoms with E-state index >= 15 is 0 Å². The fourth-order valence-corrected chi connectivity index (χ4v) is 3.71. The lowest BCUT2D eigenvalue weighted by Gasteiger charge is -2.20. The van der Waals surface area contributed by atoms with E-state index in [4.69, 9.17) is 0 Å². The predicted molar refractivity (Wildman–Crippen MR) is 104 cm³/mol. The van der Waals surface area contributed by atoms with Crippen LogP contribution < -0.4 is 5.32 Å². The lowest BCUT2D eigenvalue weighted by atomic mass is 9.92. The molecular weight excluding hydrogens is 316 g/mol. The van der Waals surface area contributed by atoms with Crippen LogP contribution in [0.25, 0.3) is 0 Å². The summed E-state index contributed by atoms with van der Waals surface area (Å²) in [5, 5.41) is 4.20. The lowest BCUT2D eigenvalue weighted by Crippen LogP contribution is -2.15. The third kappa shape index (κ3) is 3.86. The Morgan fingerprint density at radius 3 is 1.96 bits per heavy atom. The van der Waals surface area contributed by atoms with Crippen LogP contribution in [0.3, 0.4) is 0 Å². The van der Waals surface area contributed by atoms with Crippen molar-refractivity contribution in [1.29, 1.82) is 0 Å². The summed E-state index contributed by atoms with van der Waals surface area (Å²) in [7, 11) is 0. The number of benzene rings is 1. The van der Waals surface area contributed by atoms with Crippen molar-refractivity contribution in [1.82, 2.24) is 4.98 Å². The highest BCUT2D eigenvalue weighted by Gasteiger charge is 2.20. The molecule has 1 aromatic heterocycles. The van der Waals surface area contributed by atoms with Crippen LogP contribution in [0.5, 0.6) is 0 Å². The molecule has 4 heteroatoms. The summed E-state index contributed by atoms with van der Waals surface area (Å²) in [6.07, 6.45) is 0. The van der Waals surface area contributed by atoms with Gasteiger partial charge in [-0.25, -0.2) is 4.98 Å². The number of rotatable bonds is 5. The van der Waals surface area contributed by atoms with Crippen molar-refractivity contribution in [3.05, 3.63) is 44.9 Å². The first-order valence-corrected chi connectivity index (χ1v) is 9.45. The number of anilines is 1. The molecule has 0 aliphatic carbocycles. The van der Waals surface area contributed by atoms with Crippen molar-refractivity contribution in [2.75, 3.05) is 5.32 Å². The van der Waals surface area contributed by atoms with E-state index < -0.39 is 0 Å². The highest BCUT2D eigenvalue weighted by atomic mass is 32.1. The van der Waals surface area contributed by atoms with Crippen molar-refractivity contribution >= 4 is 22.9 Å². The quantitative estimate of drug-likeness (QED) is 0.715. The average Bonchev–Trinajstić information content (AvgIpc) is 2.89. The number of aromatic nitrogens is 1. The molecule has 1 N–H and O–H groups in total. The molecule has 0 spiro atoms. The van der Waals surface area contributed by atoms with Gasteiger partial charge in [0.2, 0.25) is 0 Å². The molecule has 0 aliphatic heterocycles. The van der Waals surface area contributed by atoms with E-state index in [1.807, 2.05) is 6.92 Å². The first-order valence-electron chi connectivity index (χ1n) is 8.63. The highest BCUT2D eigenvalue weighted by molar-refractivity contribution is 7.14. The van der Waals surface area contributed by atoms with Crippen molar-refractivity contribution < 1.29 is 4.79 Å². The van der Waals surface area contributed by atoms with Crippen LogP contribution in [0, 0.1) is 6.92 Å². The first kappa shape index (κ1) is 18.7. The monoisotopic (exact) mass is 344 g/mol. The molecule has 2 aromatic rings. The van der Waals surface area contributed by atoms with Gasteiger partial charge in [0.05, 0.1) is 10.7 Å². The third-order valence-electron chi connectivity index (χ3n) is 4.12. The van der Waals surface area contributed by atoms with Gasteiger partial charge < -0.3 is 5.32 Å². The van der Waals surface area contributed by atoms with Gasteiger partial charge >= 0.3 is 0 Å². The number of carbonyl (C=O) groups excluding carboxylic acids is 1. The maximum absolute atomic E-state index is 12.9. The smallest absolute Gasteiger partial charge is 0.267 e. The normalized spacial score (nSPS) is 11.6. The number of aryl methyl sites for hydroxylation is 1. The van der Waals surface area contributed by atoms with Gasteiger partial charge in [0.25, 0.3) is 5.91 Å². The van der Waals surface area contributed by atoms with Crippen LogP contribution in [-0.2, 0) is 0 Å². The Hall–Kier alpha value is -1.68. The largest absolute Gasteiger partial charge is 0.321 e. The molecule has 0 atom stereocenters. The van der Waals surface area contributed by atoms with Crippen molar-refractivity contribution in [2.24, 2.45) is 0 Å². The molecule has 24 heavy (non-hydrogen) atoms. The van der Waals surface area contributed by atoms with Crippen LogP contribution in [0.4, 0.5) is 5.69 Å². The number of hydrogen-bond donors (Lipinski definition) is 1. The molecule has 0 radical (unpaired) electrons. The Kier molecular flexibility index (Phi) is 5.81. The fraction of sp³-hybridized carbons (Fsp3) is 0.500. The van der Waals surface area contributed by atoms with Crippen LogP contribution >= 0.6 is 11.3 Å². The van der Waals surface area contributed by atoms with Crippen LogP contribution in [0.15, 0.2) is 18.2 Å². The molecule has 0 saturated heterocycles. The van der Waals surface area contributed by atoms with Gasteiger partial charge in [-0.3, -0.25) is 4.79 Å². The van der Waals surface area contributed by atoms with Gasteiger partial charge in [-0.05, 0) is 29.9 Å². The summed E-state index contributed by atoms with van der Waals surface area (Å²) in [5.74, 6) is 0.997. The Morgan fingerprint density at radius 1 is 1.00 bits per heavy atom. The van der Waals surface area contributed by atoms with Gasteiger partial charge in [-0.15, -0.1) is 11.3 Å². The predicted octanol–water partition coefficient (Wildman–Crippen LogP) is 6.07. The minimum absolute atomic E-state index is 0.0492. The second-order valence-corrected chi connectivity index (χ2v) is 8.23. The minimum Gasteiger partial charge on any atom is -0.321 e. The third-order valence-corrected chi connectivity index (χ3v) is 5.58. The van der Waals surface area contributed by atoms with Gasteiger partial charge in [-0.2, -0.15) is 0 Å². The Morgan fingerprint density at radius 2 is 1.54 bits per heavy atom. The van der Waals surface area contributed by atoms with E-state index in [9.17, 15) is 4.79 Å². The van der Waals surface area contributed by atoms with E-state index in [-0.39, 0.29) is 5.91 Å². The van der Waals surface area contributed by atoms with E-state index in [1.54, 1.807) is 0 Å². The molecule has 2 rings (SSSR count). The van der Waals surface area contributed by atoms with Crippen LogP contribution in [0.2, 0.25) is 0 Å². The maximum atomic E-state index is 12.9. The van der Waals surface area contributed by atoms with E-state index in [0.717, 1.165) is 16.4 Å². The summed E-state index contributed by atoms with van der Waals surface area (Å²) in [6, 6.07) is 6.28. The topological polar surface area (TPSA) is 42.0 Å². The van der Waals surface area contributed by atoms with Gasteiger partial charge in [0, 0.05) is 11.6 Å². The zero-order valence-electron chi connectivity index (χ0n) is 15.7. The average molecular weight is 345 g/mol. The summed E-state index contributed by atoms with van der Waals surface area (Å²) in [6.45, 7) is 14.7. The second-order valence-electron chi connectivity index (χ2n) is 7.20. The number of hydrogen-bond acceptors (Lipinski definition) is 3. The lowest BCUT2D eigenvalue weighted by molar-refractivity contribution is 0.102.